The van der Waals surface area contributed by atoms with E-state index >= 15 is 0 Å². The number of nitrogens with zero attached hydrogens (tertiary/aromatic N) is 4. The summed E-state index contributed by atoms with van der Waals surface area (Å²) in [6.07, 6.45) is 2.17. The van der Waals surface area contributed by atoms with Gasteiger partial charge >= 0.3 is 0 Å². The minimum atomic E-state index is 0.660. The lowest BCUT2D eigenvalue weighted by Crippen LogP contribution is -2.03. The Hall–Kier alpha value is -6.52. The summed E-state index contributed by atoms with van der Waals surface area (Å²) in [5, 5.41) is 6.98. The quantitative estimate of drug-likeness (QED) is 0.198. The Kier molecular flexibility index (Phi) is 5.84. The molecule has 0 atom stereocenters. The van der Waals surface area contributed by atoms with E-state index in [1.165, 1.54) is 43.6 Å². The molecule has 0 saturated heterocycles. The van der Waals surface area contributed by atoms with Crippen molar-refractivity contribution in [1.82, 2.24) is 19.1 Å². The van der Waals surface area contributed by atoms with E-state index in [-0.39, 0.29) is 0 Å². The molecule has 0 N–H and O–H groups in total. The van der Waals surface area contributed by atoms with Crippen LogP contribution in [0.5, 0.6) is 0 Å². The molecule has 7 aromatic carbocycles. The Labute approximate surface area is 276 Å². The normalized spacial score (nSPS) is 11.8. The third-order valence-corrected chi connectivity index (χ3v) is 9.60. The van der Waals surface area contributed by atoms with Gasteiger partial charge in [-0.25, -0.2) is 9.97 Å². The number of aromatic nitrogens is 4. The minimum Gasteiger partial charge on any atom is -0.317 e. The summed E-state index contributed by atoms with van der Waals surface area (Å²) in [5.41, 5.74) is 9.81. The van der Waals surface area contributed by atoms with Gasteiger partial charge in [0.15, 0.2) is 0 Å². The van der Waals surface area contributed by atoms with Gasteiger partial charge in [0, 0.05) is 39.0 Å². The average Bonchev–Trinajstić information content (AvgIpc) is 3.74. The molecule has 48 heavy (non-hydrogen) atoms. The maximum Gasteiger partial charge on any atom is 0.235 e. The summed E-state index contributed by atoms with van der Waals surface area (Å²) in [5.74, 6) is 0.660. The number of fused-ring (bicyclic) bond motifs is 7. The standard InChI is InChI=1S/C44H28N4/c1-3-13-29(14-4-1)31-23-24-34(33-18-8-7-17-32(31)33)43-35-19-9-11-21-38(35)45-44(46-43)48-40-22-12-10-20-36(40)42-37-27-28-47(30-15-5-2-6-16-30)39(37)25-26-41(42)48/h1-28H. The summed E-state index contributed by atoms with van der Waals surface area (Å²) >= 11 is 0. The molecule has 0 amide bonds. The molecule has 0 aliphatic rings. The molecule has 0 aliphatic heterocycles. The first-order valence-corrected chi connectivity index (χ1v) is 16.3. The molecular formula is C44H28N4. The second-order valence-corrected chi connectivity index (χ2v) is 12.2. The van der Waals surface area contributed by atoms with Crippen LogP contribution in [0.25, 0.3) is 88.4 Å². The van der Waals surface area contributed by atoms with Crippen molar-refractivity contribution in [2.45, 2.75) is 0 Å². The summed E-state index contributed by atoms with van der Waals surface area (Å²) in [7, 11) is 0. The molecule has 0 radical (unpaired) electrons. The Morgan fingerprint density at radius 1 is 0.396 bits per heavy atom. The molecule has 10 aromatic rings. The summed E-state index contributed by atoms with van der Waals surface area (Å²) in [4.78, 5) is 10.7. The molecule has 224 valence electrons. The van der Waals surface area contributed by atoms with Crippen LogP contribution in [0, 0.1) is 0 Å². The van der Waals surface area contributed by atoms with Crippen LogP contribution in [0.15, 0.2) is 170 Å². The first-order valence-electron chi connectivity index (χ1n) is 16.3. The first-order chi connectivity index (χ1) is 23.8. The molecule has 10 rings (SSSR count). The number of hydrogen-bond donors (Lipinski definition) is 0. The van der Waals surface area contributed by atoms with Crippen LogP contribution >= 0.6 is 0 Å². The molecule has 0 fully saturated rings. The second kappa shape index (κ2) is 10.5. The molecule has 3 heterocycles. The van der Waals surface area contributed by atoms with Gasteiger partial charge in [-0.15, -0.1) is 0 Å². The van der Waals surface area contributed by atoms with E-state index in [0.717, 1.165) is 38.9 Å². The van der Waals surface area contributed by atoms with Gasteiger partial charge in [0.1, 0.15) is 0 Å². The number of benzene rings is 7. The highest BCUT2D eigenvalue weighted by molar-refractivity contribution is 6.21. The highest BCUT2D eigenvalue weighted by Crippen LogP contribution is 2.40. The molecule has 0 aliphatic carbocycles. The van der Waals surface area contributed by atoms with Gasteiger partial charge in [-0.05, 0) is 64.4 Å². The van der Waals surface area contributed by atoms with Gasteiger partial charge < -0.3 is 4.57 Å². The fourth-order valence-electron chi connectivity index (χ4n) is 7.46. The predicted octanol–water partition coefficient (Wildman–Crippen LogP) is 11.2. The van der Waals surface area contributed by atoms with Crippen LogP contribution in [0.4, 0.5) is 0 Å². The number of rotatable bonds is 4. The van der Waals surface area contributed by atoms with Crippen LogP contribution < -0.4 is 0 Å². The zero-order valence-electron chi connectivity index (χ0n) is 26.0. The van der Waals surface area contributed by atoms with Gasteiger partial charge in [-0.3, -0.25) is 4.57 Å². The lowest BCUT2D eigenvalue weighted by Gasteiger charge is -2.15. The molecule has 0 saturated carbocycles. The molecule has 0 spiro atoms. The minimum absolute atomic E-state index is 0.660. The van der Waals surface area contributed by atoms with Crippen molar-refractivity contribution in [3.8, 4) is 34.0 Å². The Bertz CT molecular complexity index is 2830. The number of hydrogen-bond acceptors (Lipinski definition) is 2. The molecule has 4 nitrogen and oxygen atoms in total. The smallest absolute Gasteiger partial charge is 0.235 e. The molecule has 0 bridgehead atoms. The molecule has 4 heteroatoms. The average molecular weight is 613 g/mol. The Morgan fingerprint density at radius 2 is 1.00 bits per heavy atom. The Morgan fingerprint density at radius 3 is 1.81 bits per heavy atom. The fraction of sp³-hybridized carbons (Fsp3) is 0. The van der Waals surface area contributed by atoms with Crippen molar-refractivity contribution < 1.29 is 0 Å². The van der Waals surface area contributed by atoms with Crippen molar-refractivity contribution in [3.05, 3.63) is 170 Å². The lowest BCUT2D eigenvalue weighted by molar-refractivity contribution is 1.01. The highest BCUT2D eigenvalue weighted by Gasteiger charge is 2.20. The van der Waals surface area contributed by atoms with Crippen LogP contribution in [0.3, 0.4) is 0 Å². The van der Waals surface area contributed by atoms with Gasteiger partial charge in [0.25, 0.3) is 0 Å². The maximum absolute atomic E-state index is 5.45. The third-order valence-electron chi connectivity index (χ3n) is 9.60. The summed E-state index contributed by atoms with van der Waals surface area (Å²) in [6, 6.07) is 57.9. The predicted molar refractivity (Wildman–Crippen MR) is 199 cm³/mol. The van der Waals surface area contributed by atoms with Gasteiger partial charge in [0.2, 0.25) is 5.95 Å². The zero-order chi connectivity index (χ0) is 31.6. The van der Waals surface area contributed by atoms with Crippen molar-refractivity contribution in [1.29, 1.82) is 0 Å². The second-order valence-electron chi connectivity index (χ2n) is 12.2. The summed E-state index contributed by atoms with van der Waals surface area (Å²) < 4.78 is 4.50. The fourth-order valence-corrected chi connectivity index (χ4v) is 7.46. The topological polar surface area (TPSA) is 35.6 Å². The van der Waals surface area contributed by atoms with Crippen LogP contribution in [0.2, 0.25) is 0 Å². The van der Waals surface area contributed by atoms with Crippen LogP contribution in [0.1, 0.15) is 0 Å². The monoisotopic (exact) mass is 612 g/mol. The van der Waals surface area contributed by atoms with E-state index in [4.69, 9.17) is 9.97 Å². The number of para-hydroxylation sites is 3. The lowest BCUT2D eigenvalue weighted by atomic mass is 9.93. The van der Waals surface area contributed by atoms with Crippen molar-refractivity contribution in [2.24, 2.45) is 0 Å². The van der Waals surface area contributed by atoms with Crippen molar-refractivity contribution in [2.75, 3.05) is 0 Å². The van der Waals surface area contributed by atoms with E-state index in [2.05, 4.69) is 179 Å². The first kappa shape index (κ1) is 26.7. The van der Waals surface area contributed by atoms with Crippen LogP contribution in [-0.4, -0.2) is 19.1 Å². The highest BCUT2D eigenvalue weighted by atomic mass is 15.2. The molecule has 0 unspecified atom stereocenters. The maximum atomic E-state index is 5.45. The van der Waals surface area contributed by atoms with Crippen molar-refractivity contribution >= 4 is 54.4 Å². The SMILES string of the molecule is c1ccc(-c2ccc(-c3nc(-n4c5ccccc5c5c6ccn(-c7ccccc7)c6ccc54)nc4ccccc34)c3ccccc23)cc1. The molecule has 3 aromatic heterocycles. The third kappa shape index (κ3) is 3.96. The van der Waals surface area contributed by atoms with Crippen molar-refractivity contribution in [3.63, 3.8) is 0 Å². The molecular weight excluding hydrogens is 585 g/mol. The summed E-state index contributed by atoms with van der Waals surface area (Å²) in [6.45, 7) is 0. The van der Waals surface area contributed by atoms with E-state index in [0.29, 0.717) is 5.95 Å². The zero-order valence-corrected chi connectivity index (χ0v) is 26.0. The van der Waals surface area contributed by atoms with E-state index in [1.54, 1.807) is 0 Å². The van der Waals surface area contributed by atoms with Gasteiger partial charge in [-0.2, -0.15) is 0 Å². The van der Waals surface area contributed by atoms with E-state index in [1.807, 2.05) is 0 Å². The van der Waals surface area contributed by atoms with E-state index in [9.17, 15) is 0 Å². The van der Waals surface area contributed by atoms with E-state index < -0.39 is 0 Å². The van der Waals surface area contributed by atoms with Crippen LogP contribution in [-0.2, 0) is 0 Å². The largest absolute Gasteiger partial charge is 0.317 e. The Balaban J connectivity index is 1.26. The van der Waals surface area contributed by atoms with Gasteiger partial charge in [-0.1, -0.05) is 121 Å². The van der Waals surface area contributed by atoms with Gasteiger partial charge in [0.05, 0.1) is 27.8 Å².